The smallest absolute Gasteiger partial charge is 0.241 e. The molecule has 0 bridgehead atoms. The number of hydrogen-bond acceptors (Lipinski definition) is 5. The molecule has 8 heteroatoms. The van der Waals surface area contributed by atoms with Gasteiger partial charge in [-0.25, -0.2) is 9.97 Å². The summed E-state index contributed by atoms with van der Waals surface area (Å²) in [7, 11) is 3.63. The molecule has 32 heavy (non-hydrogen) atoms. The minimum absolute atomic E-state index is 0.00880. The van der Waals surface area contributed by atoms with Gasteiger partial charge in [0.2, 0.25) is 11.8 Å². The van der Waals surface area contributed by atoms with Gasteiger partial charge in [-0.1, -0.05) is 19.1 Å². The van der Waals surface area contributed by atoms with E-state index in [2.05, 4.69) is 34.8 Å². The molecule has 1 aromatic carbocycles. The molecule has 0 radical (unpaired) electrons. The number of methoxy groups -OCH3 is 1. The summed E-state index contributed by atoms with van der Waals surface area (Å²) in [5.41, 5.74) is 2.82. The summed E-state index contributed by atoms with van der Waals surface area (Å²) in [6.45, 7) is 6.81. The predicted octanol–water partition coefficient (Wildman–Crippen LogP) is 4.68. The standard InChI is InChI=1S/C24H29BrN4O3/c1-6-21-26-19-12-20(25)27-24(23(19)28(21)4)32-15(3)17-11-22(30)29(13-17)14(2)16-7-9-18(31-5)10-8-16/h7-10,12,14-15,17H,6,11,13H2,1-5H3/t14-,15+,17?/m0/s1. The lowest BCUT2D eigenvalue weighted by molar-refractivity contribution is -0.129. The van der Waals surface area contributed by atoms with Crippen LogP contribution in [0.25, 0.3) is 11.0 Å². The second-order valence-corrected chi connectivity index (χ2v) is 9.15. The maximum absolute atomic E-state index is 12.9. The minimum atomic E-state index is -0.169. The first-order valence-electron chi connectivity index (χ1n) is 10.9. The maximum Gasteiger partial charge on any atom is 0.241 e. The number of halogens is 1. The number of nitrogens with zero attached hydrogens (tertiary/aromatic N) is 4. The van der Waals surface area contributed by atoms with Crippen LogP contribution in [0.2, 0.25) is 0 Å². The highest BCUT2D eigenvalue weighted by molar-refractivity contribution is 9.10. The highest BCUT2D eigenvalue weighted by atomic mass is 79.9. The summed E-state index contributed by atoms with van der Waals surface area (Å²) in [4.78, 5) is 24.1. The molecule has 1 saturated heterocycles. The van der Waals surface area contributed by atoms with Crippen molar-refractivity contribution in [2.75, 3.05) is 13.7 Å². The van der Waals surface area contributed by atoms with E-state index in [1.807, 2.05) is 53.8 Å². The average molecular weight is 501 g/mol. The molecule has 7 nitrogen and oxygen atoms in total. The number of benzene rings is 1. The second-order valence-electron chi connectivity index (χ2n) is 8.34. The third-order valence-electron chi connectivity index (χ3n) is 6.41. The Labute approximate surface area is 196 Å². The Morgan fingerprint density at radius 1 is 1.22 bits per heavy atom. The molecule has 4 rings (SSSR count). The molecule has 1 fully saturated rings. The molecule has 0 N–H and O–H groups in total. The van der Waals surface area contributed by atoms with Crippen LogP contribution in [0.3, 0.4) is 0 Å². The number of ether oxygens (including phenoxy) is 2. The fourth-order valence-electron chi connectivity index (χ4n) is 4.40. The van der Waals surface area contributed by atoms with E-state index in [0.29, 0.717) is 23.4 Å². The van der Waals surface area contributed by atoms with E-state index in [9.17, 15) is 4.79 Å². The molecular weight excluding hydrogens is 472 g/mol. The number of hydrogen-bond donors (Lipinski definition) is 0. The third kappa shape index (κ3) is 4.20. The second kappa shape index (κ2) is 9.10. The van der Waals surface area contributed by atoms with Crippen molar-refractivity contribution in [1.82, 2.24) is 19.4 Å². The van der Waals surface area contributed by atoms with Gasteiger partial charge in [-0.3, -0.25) is 4.79 Å². The van der Waals surface area contributed by atoms with E-state index in [1.54, 1.807) is 7.11 Å². The van der Waals surface area contributed by atoms with Crippen LogP contribution >= 0.6 is 15.9 Å². The molecule has 3 aromatic rings. The Bertz CT molecular complexity index is 1130. The summed E-state index contributed by atoms with van der Waals surface area (Å²) in [5, 5.41) is 0. The molecule has 3 heterocycles. The first kappa shape index (κ1) is 22.6. The maximum atomic E-state index is 12.9. The number of carbonyl (C=O) groups is 1. The van der Waals surface area contributed by atoms with Crippen LogP contribution < -0.4 is 9.47 Å². The van der Waals surface area contributed by atoms with Crippen LogP contribution in [-0.4, -0.2) is 45.1 Å². The van der Waals surface area contributed by atoms with Crippen molar-refractivity contribution in [2.45, 2.75) is 45.8 Å². The molecule has 1 aliphatic heterocycles. The van der Waals surface area contributed by atoms with Gasteiger partial charge in [0.25, 0.3) is 0 Å². The van der Waals surface area contributed by atoms with E-state index < -0.39 is 0 Å². The lowest BCUT2D eigenvalue weighted by Crippen LogP contribution is -2.31. The molecule has 1 aliphatic rings. The normalized spacial score (nSPS) is 18.2. The number of rotatable bonds is 7. The molecule has 0 spiro atoms. The Kier molecular flexibility index (Phi) is 6.42. The largest absolute Gasteiger partial charge is 0.497 e. The van der Waals surface area contributed by atoms with E-state index in [4.69, 9.17) is 14.5 Å². The highest BCUT2D eigenvalue weighted by Gasteiger charge is 2.37. The number of likely N-dealkylation sites (tertiary alicyclic amines) is 1. The zero-order chi connectivity index (χ0) is 23.0. The summed E-state index contributed by atoms with van der Waals surface area (Å²) >= 11 is 3.48. The van der Waals surface area contributed by atoms with Gasteiger partial charge >= 0.3 is 0 Å². The number of amides is 1. The minimum Gasteiger partial charge on any atom is -0.497 e. The lowest BCUT2D eigenvalue weighted by Gasteiger charge is -2.26. The number of imidazole rings is 1. The molecular formula is C24H29BrN4O3. The molecule has 1 amide bonds. The van der Waals surface area contributed by atoms with Crippen LogP contribution in [0.1, 0.15) is 44.6 Å². The lowest BCUT2D eigenvalue weighted by atomic mass is 10.0. The predicted molar refractivity (Wildman–Crippen MR) is 127 cm³/mol. The van der Waals surface area contributed by atoms with Gasteiger partial charge in [-0.15, -0.1) is 0 Å². The first-order chi connectivity index (χ1) is 15.3. The van der Waals surface area contributed by atoms with Crippen LogP contribution in [0.4, 0.5) is 0 Å². The molecule has 170 valence electrons. The van der Waals surface area contributed by atoms with Crippen molar-refractivity contribution in [1.29, 1.82) is 0 Å². The number of pyridine rings is 1. The number of fused-ring (bicyclic) bond motifs is 1. The van der Waals surface area contributed by atoms with Gasteiger partial charge in [-0.05, 0) is 53.5 Å². The quantitative estimate of drug-likeness (QED) is 0.440. The van der Waals surface area contributed by atoms with Gasteiger partial charge in [0, 0.05) is 32.4 Å². The zero-order valence-electron chi connectivity index (χ0n) is 19.1. The van der Waals surface area contributed by atoms with Gasteiger partial charge in [0.15, 0.2) is 0 Å². The van der Waals surface area contributed by atoms with Crippen molar-refractivity contribution >= 4 is 32.9 Å². The van der Waals surface area contributed by atoms with Crippen molar-refractivity contribution in [3.05, 3.63) is 46.3 Å². The first-order valence-corrected chi connectivity index (χ1v) is 11.7. The van der Waals surface area contributed by atoms with Crippen LogP contribution in [0.15, 0.2) is 34.9 Å². The van der Waals surface area contributed by atoms with Crippen molar-refractivity contribution in [3.63, 3.8) is 0 Å². The van der Waals surface area contributed by atoms with Crippen LogP contribution in [-0.2, 0) is 18.3 Å². The fourth-order valence-corrected chi connectivity index (χ4v) is 4.78. The van der Waals surface area contributed by atoms with Gasteiger partial charge in [0.05, 0.1) is 18.7 Å². The summed E-state index contributed by atoms with van der Waals surface area (Å²) in [6.07, 6.45) is 1.12. The zero-order valence-corrected chi connectivity index (χ0v) is 20.7. The number of aromatic nitrogens is 3. The van der Waals surface area contributed by atoms with Crippen molar-refractivity contribution in [3.8, 4) is 11.6 Å². The average Bonchev–Trinajstić information content (AvgIpc) is 3.32. The van der Waals surface area contributed by atoms with E-state index in [1.165, 1.54) is 0 Å². The molecule has 1 unspecified atom stereocenters. The molecule has 3 atom stereocenters. The SMILES string of the molecule is CCc1nc2cc(Br)nc(O[C@H](C)C3CC(=O)N([C@@H](C)c4ccc(OC)cc4)C3)c2n1C. The van der Waals surface area contributed by atoms with Crippen LogP contribution in [0, 0.1) is 5.92 Å². The third-order valence-corrected chi connectivity index (χ3v) is 6.82. The van der Waals surface area contributed by atoms with Crippen molar-refractivity contribution in [2.24, 2.45) is 13.0 Å². The molecule has 2 aromatic heterocycles. The van der Waals surface area contributed by atoms with Crippen molar-refractivity contribution < 1.29 is 14.3 Å². The summed E-state index contributed by atoms with van der Waals surface area (Å²) in [5.74, 6) is 2.56. The summed E-state index contributed by atoms with van der Waals surface area (Å²) in [6, 6.07) is 9.78. The van der Waals surface area contributed by atoms with Gasteiger partial charge in [-0.2, -0.15) is 0 Å². The van der Waals surface area contributed by atoms with E-state index in [-0.39, 0.29) is 24.0 Å². The number of carbonyl (C=O) groups excluding carboxylic acids is 1. The Hall–Kier alpha value is -2.61. The molecule has 0 saturated carbocycles. The van der Waals surface area contributed by atoms with Crippen LogP contribution in [0.5, 0.6) is 11.6 Å². The topological polar surface area (TPSA) is 69.5 Å². The molecule has 0 aliphatic carbocycles. The van der Waals surface area contributed by atoms with E-state index in [0.717, 1.165) is 34.6 Å². The number of aryl methyl sites for hydroxylation is 2. The summed E-state index contributed by atoms with van der Waals surface area (Å²) < 4.78 is 14.3. The van der Waals surface area contributed by atoms with Gasteiger partial charge < -0.3 is 18.9 Å². The Morgan fingerprint density at radius 3 is 2.59 bits per heavy atom. The highest BCUT2D eigenvalue weighted by Crippen LogP contribution is 2.34. The van der Waals surface area contributed by atoms with E-state index >= 15 is 0 Å². The monoisotopic (exact) mass is 500 g/mol. The Morgan fingerprint density at radius 2 is 1.94 bits per heavy atom. The van der Waals surface area contributed by atoms with Gasteiger partial charge in [0.1, 0.15) is 27.8 Å². The fraction of sp³-hybridized carbons (Fsp3) is 0.458. The Balaban J connectivity index is 1.52.